The van der Waals surface area contributed by atoms with Gasteiger partial charge in [-0.1, -0.05) is 30.3 Å². The molecule has 0 N–H and O–H groups in total. The van der Waals surface area contributed by atoms with Crippen molar-refractivity contribution in [2.24, 2.45) is 0 Å². The minimum atomic E-state index is 0.0134. The van der Waals surface area contributed by atoms with Crippen LogP contribution in [0.1, 0.15) is 28.0 Å². The lowest BCUT2D eigenvalue weighted by atomic mass is 10.2. The molecule has 3 nitrogen and oxygen atoms in total. The maximum Gasteiger partial charge on any atom is 0.283 e. The molecule has 0 radical (unpaired) electrons. The molecule has 2 aromatic rings. The van der Waals surface area contributed by atoms with Crippen LogP contribution in [-0.2, 0) is 6.54 Å². The van der Waals surface area contributed by atoms with Crippen LogP contribution in [0, 0.1) is 6.92 Å². The first-order valence-electron chi connectivity index (χ1n) is 5.96. The molecule has 94 valence electrons. The summed E-state index contributed by atoms with van der Waals surface area (Å²) in [6.45, 7) is 5.21. The predicted octanol–water partition coefficient (Wildman–Crippen LogP) is 3.11. The normalized spacial score (nSPS) is 10.3. The number of nitrogens with zero attached hydrogens (tertiary/aromatic N) is 2. The number of thiazole rings is 1. The summed E-state index contributed by atoms with van der Waals surface area (Å²) in [5.74, 6) is 0.0134. The van der Waals surface area contributed by atoms with E-state index in [9.17, 15) is 4.79 Å². The molecule has 0 spiro atoms. The zero-order chi connectivity index (χ0) is 13.0. The van der Waals surface area contributed by atoms with Crippen LogP contribution in [0.2, 0.25) is 0 Å². The molecule has 1 aromatic heterocycles. The van der Waals surface area contributed by atoms with Gasteiger partial charge >= 0.3 is 0 Å². The van der Waals surface area contributed by atoms with Gasteiger partial charge in [-0.3, -0.25) is 4.79 Å². The van der Waals surface area contributed by atoms with Crippen molar-refractivity contribution in [1.29, 1.82) is 0 Å². The van der Waals surface area contributed by atoms with Gasteiger partial charge in [-0.15, -0.1) is 11.3 Å². The Hall–Kier alpha value is -1.68. The summed E-state index contributed by atoms with van der Waals surface area (Å²) < 4.78 is 0. The van der Waals surface area contributed by atoms with Gasteiger partial charge in [0.15, 0.2) is 5.01 Å². The third-order valence-corrected chi connectivity index (χ3v) is 3.64. The third-order valence-electron chi connectivity index (χ3n) is 2.69. The van der Waals surface area contributed by atoms with Crippen LogP contribution >= 0.6 is 11.3 Å². The minimum absolute atomic E-state index is 0.0134. The first kappa shape index (κ1) is 12.8. The standard InChI is InChI=1S/C14H16N2OS/c1-3-16(9-12-7-5-4-6-8-12)14(17)13-15-11(2)10-18-13/h4-8,10H,3,9H2,1-2H3. The number of hydrogen-bond acceptors (Lipinski definition) is 3. The Bertz CT molecular complexity index is 522. The van der Waals surface area contributed by atoms with Crippen LogP contribution in [0.15, 0.2) is 35.7 Å². The molecule has 0 aliphatic rings. The Morgan fingerprint density at radius 2 is 2.06 bits per heavy atom. The molecule has 0 saturated heterocycles. The number of carbonyl (C=O) groups excluding carboxylic acids is 1. The van der Waals surface area contributed by atoms with Crippen LogP contribution in [0.3, 0.4) is 0 Å². The van der Waals surface area contributed by atoms with Gasteiger partial charge in [0.05, 0.1) is 0 Å². The number of aryl methyl sites for hydroxylation is 1. The Morgan fingerprint density at radius 3 is 2.61 bits per heavy atom. The highest BCUT2D eigenvalue weighted by Gasteiger charge is 2.17. The van der Waals surface area contributed by atoms with E-state index in [-0.39, 0.29) is 5.91 Å². The molecular formula is C14H16N2OS. The first-order chi connectivity index (χ1) is 8.70. The van der Waals surface area contributed by atoms with Crippen molar-refractivity contribution in [3.05, 3.63) is 52.0 Å². The molecule has 0 saturated carbocycles. The van der Waals surface area contributed by atoms with E-state index >= 15 is 0 Å². The number of rotatable bonds is 4. The number of benzene rings is 1. The Morgan fingerprint density at radius 1 is 1.33 bits per heavy atom. The van der Waals surface area contributed by atoms with Crippen LogP contribution in [0.25, 0.3) is 0 Å². The van der Waals surface area contributed by atoms with Crippen LogP contribution in [-0.4, -0.2) is 22.3 Å². The molecule has 0 aliphatic carbocycles. The molecule has 0 aliphatic heterocycles. The summed E-state index contributed by atoms with van der Waals surface area (Å²) in [6, 6.07) is 10.0. The van der Waals surface area contributed by atoms with E-state index in [1.54, 1.807) is 0 Å². The van der Waals surface area contributed by atoms with Crippen LogP contribution in [0.5, 0.6) is 0 Å². The molecule has 2 rings (SSSR count). The number of hydrogen-bond donors (Lipinski definition) is 0. The Labute approximate surface area is 111 Å². The van der Waals surface area contributed by atoms with E-state index in [1.165, 1.54) is 11.3 Å². The smallest absolute Gasteiger partial charge is 0.283 e. The van der Waals surface area contributed by atoms with Crippen molar-refractivity contribution in [3.63, 3.8) is 0 Å². The topological polar surface area (TPSA) is 33.2 Å². The van der Waals surface area contributed by atoms with Gasteiger partial charge in [0, 0.05) is 24.2 Å². The quantitative estimate of drug-likeness (QED) is 0.846. The van der Waals surface area contributed by atoms with Gasteiger partial charge in [-0.05, 0) is 19.4 Å². The molecule has 0 bridgehead atoms. The summed E-state index contributed by atoms with van der Waals surface area (Å²) in [6.07, 6.45) is 0. The fourth-order valence-electron chi connectivity index (χ4n) is 1.72. The van der Waals surface area contributed by atoms with E-state index in [4.69, 9.17) is 0 Å². The van der Waals surface area contributed by atoms with Crippen molar-refractivity contribution in [2.45, 2.75) is 20.4 Å². The fourth-order valence-corrected chi connectivity index (χ4v) is 2.48. The van der Waals surface area contributed by atoms with Gasteiger partial charge in [-0.25, -0.2) is 4.98 Å². The molecule has 0 unspecified atom stereocenters. The SMILES string of the molecule is CCN(Cc1ccccc1)C(=O)c1nc(C)cs1. The number of carbonyl (C=O) groups is 1. The average molecular weight is 260 g/mol. The molecular weight excluding hydrogens is 244 g/mol. The second-order valence-electron chi connectivity index (χ2n) is 4.10. The number of amides is 1. The largest absolute Gasteiger partial charge is 0.333 e. The summed E-state index contributed by atoms with van der Waals surface area (Å²) in [5, 5.41) is 2.48. The van der Waals surface area contributed by atoms with E-state index in [0.717, 1.165) is 11.3 Å². The molecule has 1 aromatic carbocycles. The van der Waals surface area contributed by atoms with Crippen LogP contribution < -0.4 is 0 Å². The van der Waals surface area contributed by atoms with Crippen molar-refractivity contribution in [3.8, 4) is 0 Å². The van der Waals surface area contributed by atoms with E-state index in [0.29, 0.717) is 18.1 Å². The summed E-state index contributed by atoms with van der Waals surface area (Å²) >= 11 is 1.41. The Kier molecular flexibility index (Phi) is 4.10. The van der Waals surface area contributed by atoms with Crippen molar-refractivity contribution < 1.29 is 4.79 Å². The lowest BCUT2D eigenvalue weighted by molar-refractivity contribution is 0.0752. The molecule has 0 atom stereocenters. The van der Waals surface area contributed by atoms with Gasteiger partial charge in [0.25, 0.3) is 5.91 Å². The van der Waals surface area contributed by atoms with E-state index < -0.39 is 0 Å². The van der Waals surface area contributed by atoms with Gasteiger partial charge in [0.2, 0.25) is 0 Å². The predicted molar refractivity (Wildman–Crippen MR) is 73.7 cm³/mol. The van der Waals surface area contributed by atoms with Gasteiger partial charge in [0.1, 0.15) is 0 Å². The highest BCUT2D eigenvalue weighted by molar-refractivity contribution is 7.11. The maximum atomic E-state index is 12.3. The fraction of sp³-hybridized carbons (Fsp3) is 0.286. The summed E-state index contributed by atoms with van der Waals surface area (Å²) in [7, 11) is 0. The third kappa shape index (κ3) is 2.96. The molecule has 1 amide bonds. The maximum absolute atomic E-state index is 12.3. The van der Waals surface area contributed by atoms with Gasteiger partial charge in [-0.2, -0.15) is 0 Å². The van der Waals surface area contributed by atoms with Crippen molar-refractivity contribution in [2.75, 3.05) is 6.54 Å². The molecule has 18 heavy (non-hydrogen) atoms. The minimum Gasteiger partial charge on any atom is -0.333 e. The molecule has 4 heteroatoms. The molecule has 1 heterocycles. The first-order valence-corrected chi connectivity index (χ1v) is 6.84. The number of aromatic nitrogens is 1. The lowest BCUT2D eigenvalue weighted by Crippen LogP contribution is -2.30. The highest BCUT2D eigenvalue weighted by atomic mass is 32.1. The lowest BCUT2D eigenvalue weighted by Gasteiger charge is -2.19. The van der Waals surface area contributed by atoms with E-state index in [1.807, 2.05) is 54.5 Å². The van der Waals surface area contributed by atoms with Crippen molar-refractivity contribution >= 4 is 17.2 Å². The summed E-state index contributed by atoms with van der Waals surface area (Å²) in [4.78, 5) is 18.3. The zero-order valence-corrected chi connectivity index (χ0v) is 11.4. The zero-order valence-electron chi connectivity index (χ0n) is 10.6. The van der Waals surface area contributed by atoms with E-state index in [2.05, 4.69) is 4.98 Å². The monoisotopic (exact) mass is 260 g/mol. The second-order valence-corrected chi connectivity index (χ2v) is 4.96. The van der Waals surface area contributed by atoms with Crippen molar-refractivity contribution in [1.82, 2.24) is 9.88 Å². The second kappa shape index (κ2) is 5.78. The Balaban J connectivity index is 2.12. The van der Waals surface area contributed by atoms with Gasteiger partial charge < -0.3 is 4.90 Å². The highest BCUT2D eigenvalue weighted by Crippen LogP contribution is 2.14. The summed E-state index contributed by atoms with van der Waals surface area (Å²) in [5.41, 5.74) is 2.04. The van der Waals surface area contributed by atoms with Crippen LogP contribution in [0.4, 0.5) is 0 Å². The molecule has 0 fully saturated rings. The average Bonchev–Trinajstić information content (AvgIpc) is 2.83.